The summed E-state index contributed by atoms with van der Waals surface area (Å²) in [5, 5.41) is 0. The van der Waals surface area contributed by atoms with Crippen LogP contribution in [0.3, 0.4) is 0 Å². The quantitative estimate of drug-likeness (QED) is 0.864. The molecular formula is C20H29N3O3. The van der Waals surface area contributed by atoms with Gasteiger partial charge in [-0.25, -0.2) is 0 Å². The van der Waals surface area contributed by atoms with E-state index in [1.807, 2.05) is 40.1 Å². The Morgan fingerprint density at radius 2 is 1.88 bits per heavy atom. The Labute approximate surface area is 155 Å². The fraction of sp³-hybridized carbons (Fsp3) is 0.600. The van der Waals surface area contributed by atoms with Crippen LogP contribution >= 0.6 is 0 Å². The largest absolute Gasteiger partial charge is 0.484 e. The van der Waals surface area contributed by atoms with Crippen LogP contribution in [0.5, 0.6) is 5.75 Å². The van der Waals surface area contributed by atoms with E-state index >= 15 is 0 Å². The Morgan fingerprint density at radius 1 is 1.19 bits per heavy atom. The zero-order chi connectivity index (χ0) is 18.5. The number of amides is 2. The fourth-order valence-corrected chi connectivity index (χ4v) is 3.98. The molecule has 2 heterocycles. The highest BCUT2D eigenvalue weighted by Crippen LogP contribution is 2.27. The summed E-state index contributed by atoms with van der Waals surface area (Å²) >= 11 is 0. The van der Waals surface area contributed by atoms with E-state index in [1.165, 1.54) is 0 Å². The van der Waals surface area contributed by atoms with Crippen molar-refractivity contribution in [3.8, 4) is 5.75 Å². The van der Waals surface area contributed by atoms with Gasteiger partial charge in [-0.2, -0.15) is 0 Å². The molecule has 2 atom stereocenters. The van der Waals surface area contributed by atoms with E-state index in [0.29, 0.717) is 31.3 Å². The van der Waals surface area contributed by atoms with Gasteiger partial charge in [-0.3, -0.25) is 9.59 Å². The maximum Gasteiger partial charge on any atom is 0.260 e. The van der Waals surface area contributed by atoms with Gasteiger partial charge in [-0.15, -0.1) is 0 Å². The molecule has 0 bridgehead atoms. The molecule has 1 aromatic carbocycles. The smallest absolute Gasteiger partial charge is 0.260 e. The van der Waals surface area contributed by atoms with Gasteiger partial charge < -0.3 is 20.3 Å². The summed E-state index contributed by atoms with van der Waals surface area (Å²) in [7, 11) is 0. The number of para-hydroxylation sites is 1. The zero-order valence-corrected chi connectivity index (χ0v) is 15.5. The number of rotatable bonds is 5. The molecule has 0 radical (unpaired) electrons. The van der Waals surface area contributed by atoms with Gasteiger partial charge in [0.05, 0.1) is 0 Å². The lowest BCUT2D eigenvalue weighted by Gasteiger charge is -2.34. The molecule has 6 heteroatoms. The first-order valence-corrected chi connectivity index (χ1v) is 9.54. The molecule has 26 heavy (non-hydrogen) atoms. The minimum atomic E-state index is -0.0162. The monoisotopic (exact) mass is 359 g/mol. The number of nitrogens with two attached hydrogens (primary N) is 1. The van der Waals surface area contributed by atoms with Gasteiger partial charge in [0.15, 0.2) is 6.61 Å². The number of carbonyl (C=O) groups excluding carboxylic acids is 2. The maximum atomic E-state index is 12.8. The second-order valence-electron chi connectivity index (χ2n) is 7.43. The highest BCUT2D eigenvalue weighted by molar-refractivity contribution is 5.81. The lowest BCUT2D eigenvalue weighted by molar-refractivity contribution is -0.142. The summed E-state index contributed by atoms with van der Waals surface area (Å²) in [6.07, 6.45) is 2.45. The highest BCUT2D eigenvalue weighted by atomic mass is 16.5. The number of hydrogen-bond acceptors (Lipinski definition) is 4. The standard InChI is InChI=1S/C20H29N3O3/c1-15-11-16(12-21)13-23(15)20(25)17-7-9-22(10-8-17)19(24)14-26-18-5-3-2-4-6-18/h2-6,15-17H,7-14,21H2,1H3. The minimum absolute atomic E-state index is 0.0162. The van der Waals surface area contributed by atoms with Crippen LogP contribution in [0.15, 0.2) is 30.3 Å². The molecule has 2 N–H and O–H groups in total. The third-order valence-electron chi connectivity index (χ3n) is 5.58. The van der Waals surface area contributed by atoms with E-state index in [9.17, 15) is 9.59 Å². The number of benzene rings is 1. The fourth-order valence-electron chi connectivity index (χ4n) is 3.98. The second kappa shape index (κ2) is 8.54. The van der Waals surface area contributed by atoms with E-state index in [1.54, 1.807) is 0 Å². The first-order chi connectivity index (χ1) is 12.6. The Balaban J connectivity index is 1.45. The average molecular weight is 359 g/mol. The molecule has 2 unspecified atom stereocenters. The number of hydrogen-bond donors (Lipinski definition) is 1. The van der Waals surface area contributed by atoms with E-state index in [4.69, 9.17) is 10.5 Å². The first-order valence-electron chi connectivity index (χ1n) is 9.54. The van der Waals surface area contributed by atoms with Crippen LogP contribution in [0.25, 0.3) is 0 Å². The molecule has 0 saturated carbocycles. The predicted octanol–water partition coefficient (Wildman–Crippen LogP) is 1.50. The molecule has 0 aliphatic carbocycles. The summed E-state index contributed by atoms with van der Waals surface area (Å²) in [6, 6.07) is 9.62. The topological polar surface area (TPSA) is 75.9 Å². The second-order valence-corrected chi connectivity index (χ2v) is 7.43. The normalized spacial score (nSPS) is 23.9. The van der Waals surface area contributed by atoms with E-state index in [-0.39, 0.29) is 30.4 Å². The Morgan fingerprint density at radius 3 is 2.50 bits per heavy atom. The van der Waals surface area contributed by atoms with Crippen molar-refractivity contribution in [2.24, 2.45) is 17.6 Å². The van der Waals surface area contributed by atoms with Crippen molar-refractivity contribution < 1.29 is 14.3 Å². The molecule has 6 nitrogen and oxygen atoms in total. The SMILES string of the molecule is CC1CC(CN)CN1C(=O)C1CCN(C(=O)COc2ccccc2)CC1. The van der Waals surface area contributed by atoms with E-state index in [2.05, 4.69) is 6.92 Å². The average Bonchev–Trinajstić information content (AvgIpc) is 3.07. The number of piperidine rings is 1. The van der Waals surface area contributed by atoms with Crippen LogP contribution in [-0.4, -0.2) is 60.4 Å². The van der Waals surface area contributed by atoms with Crippen molar-refractivity contribution >= 4 is 11.8 Å². The van der Waals surface area contributed by atoms with Gasteiger partial charge in [0.25, 0.3) is 5.91 Å². The maximum absolute atomic E-state index is 12.8. The van der Waals surface area contributed by atoms with Crippen LogP contribution < -0.4 is 10.5 Å². The van der Waals surface area contributed by atoms with Crippen molar-refractivity contribution in [2.45, 2.75) is 32.2 Å². The molecular weight excluding hydrogens is 330 g/mol. The van der Waals surface area contributed by atoms with Gasteiger partial charge in [0.1, 0.15) is 5.75 Å². The number of ether oxygens (including phenoxy) is 1. The van der Waals surface area contributed by atoms with Gasteiger partial charge >= 0.3 is 0 Å². The van der Waals surface area contributed by atoms with E-state index in [0.717, 1.165) is 25.8 Å². The first kappa shape index (κ1) is 18.7. The summed E-state index contributed by atoms with van der Waals surface area (Å²) < 4.78 is 5.54. The minimum Gasteiger partial charge on any atom is -0.484 e. The molecule has 2 aliphatic heterocycles. The molecule has 2 aliphatic rings. The van der Waals surface area contributed by atoms with Crippen LogP contribution in [0.4, 0.5) is 0 Å². The lowest BCUT2D eigenvalue weighted by atomic mass is 9.95. The molecule has 2 fully saturated rings. The molecule has 2 amide bonds. The number of nitrogens with zero attached hydrogens (tertiary/aromatic N) is 2. The third-order valence-corrected chi connectivity index (χ3v) is 5.58. The van der Waals surface area contributed by atoms with E-state index < -0.39 is 0 Å². The van der Waals surface area contributed by atoms with Gasteiger partial charge in [-0.1, -0.05) is 18.2 Å². The van der Waals surface area contributed by atoms with Crippen molar-refractivity contribution in [1.29, 1.82) is 0 Å². The van der Waals surface area contributed by atoms with Crippen molar-refractivity contribution in [2.75, 3.05) is 32.8 Å². The van der Waals surface area contributed by atoms with Gasteiger partial charge in [-0.05, 0) is 50.8 Å². The van der Waals surface area contributed by atoms with Crippen molar-refractivity contribution in [3.05, 3.63) is 30.3 Å². The van der Waals surface area contributed by atoms with Crippen LogP contribution in [-0.2, 0) is 9.59 Å². The summed E-state index contributed by atoms with van der Waals surface area (Å²) in [6.45, 7) is 4.81. The summed E-state index contributed by atoms with van der Waals surface area (Å²) in [5.41, 5.74) is 5.76. The molecule has 0 spiro atoms. The Bertz CT molecular complexity index is 614. The summed E-state index contributed by atoms with van der Waals surface area (Å²) in [4.78, 5) is 29.0. The van der Waals surface area contributed by atoms with Crippen molar-refractivity contribution in [3.63, 3.8) is 0 Å². The number of likely N-dealkylation sites (tertiary alicyclic amines) is 2. The molecule has 3 rings (SSSR count). The molecule has 142 valence electrons. The highest BCUT2D eigenvalue weighted by Gasteiger charge is 2.36. The van der Waals surface area contributed by atoms with Crippen LogP contribution in [0.2, 0.25) is 0 Å². The third kappa shape index (κ3) is 4.36. The Hall–Kier alpha value is -2.08. The van der Waals surface area contributed by atoms with Crippen LogP contribution in [0, 0.1) is 11.8 Å². The lowest BCUT2D eigenvalue weighted by Crippen LogP contribution is -2.46. The van der Waals surface area contributed by atoms with Crippen molar-refractivity contribution in [1.82, 2.24) is 9.80 Å². The zero-order valence-electron chi connectivity index (χ0n) is 15.5. The van der Waals surface area contributed by atoms with Crippen LogP contribution in [0.1, 0.15) is 26.2 Å². The molecule has 2 saturated heterocycles. The number of carbonyl (C=O) groups is 2. The molecule has 1 aromatic rings. The summed E-state index contributed by atoms with van der Waals surface area (Å²) in [5.74, 6) is 1.36. The molecule has 0 aromatic heterocycles. The predicted molar refractivity (Wildman–Crippen MR) is 99.6 cm³/mol. The Kier molecular flexibility index (Phi) is 6.14. The van der Waals surface area contributed by atoms with Gasteiger partial charge in [0.2, 0.25) is 5.91 Å². The van der Waals surface area contributed by atoms with Gasteiger partial charge in [0, 0.05) is 31.6 Å².